The normalized spacial score (nSPS) is 14.5. The van der Waals surface area contributed by atoms with Crippen LogP contribution in [0.1, 0.15) is 46.6 Å². The second kappa shape index (κ2) is 7.59. The number of hydrogen-bond acceptors (Lipinski definition) is 8. The maximum atomic E-state index is 12.2. The largest absolute Gasteiger partial charge is 0.459 e. The lowest BCUT2D eigenvalue weighted by Gasteiger charge is -2.12. The maximum absolute atomic E-state index is 12.2. The molecule has 1 aliphatic carbocycles. The number of carbonyl (C=O) groups excluding carboxylic acids is 2. The van der Waals surface area contributed by atoms with E-state index in [0.717, 1.165) is 29.5 Å². The van der Waals surface area contributed by atoms with Crippen LogP contribution in [0.25, 0.3) is 10.2 Å². The first-order chi connectivity index (χ1) is 13.5. The van der Waals surface area contributed by atoms with Gasteiger partial charge in [0.25, 0.3) is 5.91 Å². The Hall–Kier alpha value is -2.94. The predicted octanol–water partition coefficient (Wildman–Crippen LogP) is 2.61. The molecule has 0 bridgehead atoms. The average molecular weight is 400 g/mol. The zero-order valence-electron chi connectivity index (χ0n) is 15.4. The van der Waals surface area contributed by atoms with Crippen molar-refractivity contribution in [3.05, 3.63) is 40.4 Å². The number of carbonyl (C=O) groups is 2. The molecule has 0 aromatic carbocycles. The molecule has 1 atom stereocenters. The minimum atomic E-state index is -0.840. The lowest BCUT2D eigenvalue weighted by Crippen LogP contribution is -2.39. The smallest absolute Gasteiger partial charge is 0.328 e. The Balaban J connectivity index is 1.42. The summed E-state index contributed by atoms with van der Waals surface area (Å²) in [6.45, 7) is 1.43. The zero-order chi connectivity index (χ0) is 19.7. The van der Waals surface area contributed by atoms with Crippen LogP contribution in [-0.2, 0) is 29.0 Å². The number of rotatable bonds is 5. The van der Waals surface area contributed by atoms with Crippen molar-refractivity contribution in [1.82, 2.24) is 15.3 Å². The van der Waals surface area contributed by atoms with Gasteiger partial charge in [-0.05, 0) is 50.3 Å². The van der Waals surface area contributed by atoms with Gasteiger partial charge in [-0.3, -0.25) is 4.79 Å². The van der Waals surface area contributed by atoms with Gasteiger partial charge in [-0.1, -0.05) is 0 Å². The van der Waals surface area contributed by atoms with Gasteiger partial charge >= 0.3 is 5.97 Å². The fourth-order valence-corrected chi connectivity index (χ4v) is 4.58. The minimum absolute atomic E-state index is 0.109. The van der Waals surface area contributed by atoms with E-state index in [1.165, 1.54) is 36.1 Å². The number of aromatic nitrogens is 2. The van der Waals surface area contributed by atoms with Crippen molar-refractivity contribution < 1.29 is 18.7 Å². The standard InChI is InChI=1S/C19H20N4O4S/c1-10(21-17(24)12-6-4-8-26-12)19(25)27-9-14-22-16(20)15-11-5-2-3-7-13(11)28-18(15)23-14/h4,6,8,10H,2-3,5,7,9H2,1H3,(H,21,24)(H2,20,22,23)/t10-/m0/s1. The summed E-state index contributed by atoms with van der Waals surface area (Å²) >= 11 is 1.64. The number of nitrogens with two attached hydrogens (primary N) is 1. The summed E-state index contributed by atoms with van der Waals surface area (Å²) in [5, 5.41) is 3.46. The van der Waals surface area contributed by atoms with Crippen LogP contribution in [0.15, 0.2) is 22.8 Å². The second-order valence-corrected chi connectivity index (χ2v) is 7.78. The van der Waals surface area contributed by atoms with E-state index in [4.69, 9.17) is 14.9 Å². The first-order valence-electron chi connectivity index (χ1n) is 9.10. The summed E-state index contributed by atoms with van der Waals surface area (Å²) in [5.74, 6) is -0.174. The summed E-state index contributed by atoms with van der Waals surface area (Å²) in [4.78, 5) is 35.1. The Kier molecular flexibility index (Phi) is 4.99. The van der Waals surface area contributed by atoms with Gasteiger partial charge in [-0.25, -0.2) is 14.8 Å². The Labute approximate surface area is 165 Å². The Bertz CT molecular complexity index is 1030. The lowest BCUT2D eigenvalue weighted by atomic mass is 9.97. The second-order valence-electron chi connectivity index (χ2n) is 6.70. The number of hydrogen-bond donors (Lipinski definition) is 2. The fourth-order valence-electron chi connectivity index (χ4n) is 3.29. The molecule has 0 spiro atoms. The number of amides is 1. The first kappa shape index (κ1) is 18.4. The highest BCUT2D eigenvalue weighted by atomic mass is 32.1. The molecule has 3 aromatic rings. The molecule has 0 aliphatic heterocycles. The Morgan fingerprint density at radius 2 is 2.18 bits per heavy atom. The van der Waals surface area contributed by atoms with Crippen LogP contribution >= 0.6 is 11.3 Å². The zero-order valence-corrected chi connectivity index (χ0v) is 16.2. The van der Waals surface area contributed by atoms with Gasteiger partial charge in [0, 0.05) is 4.88 Å². The molecule has 4 rings (SSSR count). The van der Waals surface area contributed by atoms with Crippen LogP contribution in [0.4, 0.5) is 5.82 Å². The van der Waals surface area contributed by atoms with E-state index < -0.39 is 17.9 Å². The van der Waals surface area contributed by atoms with Crippen molar-refractivity contribution in [2.24, 2.45) is 0 Å². The number of nitrogens with one attached hydrogen (secondary N) is 1. The average Bonchev–Trinajstić information content (AvgIpc) is 3.33. The molecule has 9 heteroatoms. The molecule has 0 fully saturated rings. The van der Waals surface area contributed by atoms with Crippen molar-refractivity contribution in [1.29, 1.82) is 0 Å². The van der Waals surface area contributed by atoms with E-state index in [1.54, 1.807) is 17.4 Å². The highest BCUT2D eigenvalue weighted by Gasteiger charge is 2.22. The Morgan fingerprint density at radius 1 is 1.36 bits per heavy atom. The molecule has 3 aromatic heterocycles. The highest BCUT2D eigenvalue weighted by Crippen LogP contribution is 2.37. The molecule has 3 N–H and O–H groups in total. The molecule has 1 aliphatic rings. The van der Waals surface area contributed by atoms with Crippen molar-refractivity contribution in [2.45, 2.75) is 45.3 Å². The SMILES string of the molecule is C[C@H](NC(=O)c1ccco1)C(=O)OCc1nc(N)c2c3c(sc2n1)CCCC3. The maximum Gasteiger partial charge on any atom is 0.328 e. The summed E-state index contributed by atoms with van der Waals surface area (Å²) in [6.07, 6.45) is 5.77. The monoisotopic (exact) mass is 400 g/mol. The molecule has 0 radical (unpaired) electrons. The van der Waals surface area contributed by atoms with Gasteiger partial charge in [-0.15, -0.1) is 11.3 Å². The van der Waals surface area contributed by atoms with Crippen molar-refractivity contribution in [2.75, 3.05) is 5.73 Å². The van der Waals surface area contributed by atoms with Crippen molar-refractivity contribution in [3.8, 4) is 0 Å². The third-order valence-electron chi connectivity index (χ3n) is 4.68. The quantitative estimate of drug-likeness (QED) is 0.632. The van der Waals surface area contributed by atoms with Crippen LogP contribution in [0.5, 0.6) is 0 Å². The molecule has 1 amide bonds. The number of furan rings is 1. The van der Waals surface area contributed by atoms with Gasteiger partial charge in [0.05, 0.1) is 11.6 Å². The van der Waals surface area contributed by atoms with Gasteiger partial charge in [-0.2, -0.15) is 0 Å². The summed E-state index contributed by atoms with van der Waals surface area (Å²) in [5.41, 5.74) is 7.42. The molecule has 28 heavy (non-hydrogen) atoms. The number of fused-ring (bicyclic) bond motifs is 3. The van der Waals surface area contributed by atoms with Crippen LogP contribution < -0.4 is 11.1 Å². The van der Waals surface area contributed by atoms with E-state index >= 15 is 0 Å². The van der Waals surface area contributed by atoms with Gasteiger partial charge in [0.2, 0.25) is 0 Å². The predicted molar refractivity (Wildman–Crippen MR) is 104 cm³/mol. The van der Waals surface area contributed by atoms with E-state index in [1.807, 2.05) is 0 Å². The molecular weight excluding hydrogens is 380 g/mol. The molecular formula is C19H20N4O4S. The fraction of sp³-hybridized carbons (Fsp3) is 0.368. The van der Waals surface area contributed by atoms with Gasteiger partial charge < -0.3 is 20.2 Å². The lowest BCUT2D eigenvalue weighted by molar-refractivity contribution is -0.147. The number of nitrogens with zero attached hydrogens (tertiary/aromatic N) is 2. The van der Waals surface area contributed by atoms with E-state index in [9.17, 15) is 9.59 Å². The van der Waals surface area contributed by atoms with Crippen molar-refractivity contribution in [3.63, 3.8) is 0 Å². The number of ether oxygens (including phenoxy) is 1. The van der Waals surface area contributed by atoms with Crippen LogP contribution in [-0.4, -0.2) is 27.9 Å². The van der Waals surface area contributed by atoms with Crippen molar-refractivity contribution >= 4 is 39.2 Å². The third kappa shape index (κ3) is 3.57. The minimum Gasteiger partial charge on any atom is -0.459 e. The van der Waals surface area contributed by atoms with Crippen LogP contribution in [0.3, 0.4) is 0 Å². The van der Waals surface area contributed by atoms with E-state index in [-0.39, 0.29) is 12.4 Å². The number of esters is 1. The summed E-state index contributed by atoms with van der Waals surface area (Å²) in [7, 11) is 0. The summed E-state index contributed by atoms with van der Waals surface area (Å²) in [6, 6.07) is 2.27. The molecule has 0 saturated carbocycles. The molecule has 3 heterocycles. The highest BCUT2D eigenvalue weighted by molar-refractivity contribution is 7.19. The summed E-state index contributed by atoms with van der Waals surface area (Å²) < 4.78 is 10.3. The van der Waals surface area contributed by atoms with Gasteiger partial charge in [0.1, 0.15) is 16.7 Å². The number of aryl methyl sites for hydroxylation is 2. The van der Waals surface area contributed by atoms with E-state index in [0.29, 0.717) is 11.6 Å². The molecule has 0 unspecified atom stereocenters. The van der Waals surface area contributed by atoms with E-state index in [2.05, 4.69) is 15.3 Å². The first-order valence-corrected chi connectivity index (χ1v) is 9.92. The topological polar surface area (TPSA) is 120 Å². The number of thiophene rings is 1. The third-order valence-corrected chi connectivity index (χ3v) is 5.86. The molecule has 0 saturated heterocycles. The number of anilines is 1. The Morgan fingerprint density at radius 3 is 2.96 bits per heavy atom. The van der Waals surface area contributed by atoms with Gasteiger partial charge in [0.15, 0.2) is 18.2 Å². The molecule has 8 nitrogen and oxygen atoms in total. The number of nitrogen functional groups attached to an aromatic ring is 1. The van der Waals surface area contributed by atoms with Crippen LogP contribution in [0, 0.1) is 0 Å². The molecule has 146 valence electrons. The van der Waals surface area contributed by atoms with Crippen LogP contribution in [0.2, 0.25) is 0 Å².